The summed E-state index contributed by atoms with van der Waals surface area (Å²) in [6.45, 7) is 7.25. The van der Waals surface area contributed by atoms with Gasteiger partial charge in [0.1, 0.15) is 5.82 Å². The minimum absolute atomic E-state index is 0. The third kappa shape index (κ3) is 5.13. The Morgan fingerprint density at radius 3 is 2.36 bits per heavy atom. The third-order valence-corrected chi connectivity index (χ3v) is 5.16. The highest BCUT2D eigenvalue weighted by Gasteiger charge is 2.19. The van der Waals surface area contributed by atoms with E-state index in [2.05, 4.69) is 43.5 Å². The summed E-state index contributed by atoms with van der Waals surface area (Å²) >= 11 is 0. The first-order chi connectivity index (χ1) is 13.1. The van der Waals surface area contributed by atoms with Gasteiger partial charge in [0.15, 0.2) is 0 Å². The van der Waals surface area contributed by atoms with Gasteiger partial charge in [0, 0.05) is 5.92 Å². The smallest absolute Gasteiger partial charge is 0.112 e. The van der Waals surface area contributed by atoms with Gasteiger partial charge in [0.25, 0.3) is 0 Å². The van der Waals surface area contributed by atoms with Crippen molar-refractivity contribution in [2.75, 3.05) is 6.61 Å². The van der Waals surface area contributed by atoms with E-state index in [0.717, 1.165) is 35.3 Å². The summed E-state index contributed by atoms with van der Waals surface area (Å²) in [6, 6.07) is 18.3. The number of aliphatic hydroxyl groups is 1. The van der Waals surface area contributed by atoms with Crippen molar-refractivity contribution >= 4 is 23.4 Å². The van der Waals surface area contributed by atoms with Crippen molar-refractivity contribution < 1.29 is 9.84 Å². The predicted molar refractivity (Wildman–Crippen MR) is 117 cm³/mol. The number of para-hydroxylation sites is 2. The van der Waals surface area contributed by atoms with Crippen LogP contribution in [0.25, 0.3) is 11.0 Å². The maximum Gasteiger partial charge on any atom is 0.112 e. The second-order valence-corrected chi connectivity index (χ2v) is 7.17. The maximum absolute atomic E-state index is 10.7. The van der Waals surface area contributed by atoms with E-state index in [0.29, 0.717) is 19.1 Å². The first-order valence-corrected chi connectivity index (χ1v) is 9.93. The average Bonchev–Trinajstić information content (AvgIpc) is 3.07. The molecule has 3 rings (SSSR count). The quantitative estimate of drug-likeness (QED) is 0.514. The zero-order valence-corrected chi connectivity index (χ0v) is 17.7. The molecule has 0 aliphatic heterocycles. The minimum Gasteiger partial charge on any atom is -0.389 e. The lowest BCUT2D eigenvalue weighted by molar-refractivity contribution is -0.0175. The molecule has 4 nitrogen and oxygen atoms in total. The second-order valence-electron chi connectivity index (χ2n) is 7.17. The summed E-state index contributed by atoms with van der Waals surface area (Å²) in [7, 11) is 0. The van der Waals surface area contributed by atoms with E-state index in [1.807, 2.05) is 36.4 Å². The Balaban J connectivity index is 0.00000280. The zero-order valence-electron chi connectivity index (χ0n) is 16.9. The molecule has 0 radical (unpaired) electrons. The van der Waals surface area contributed by atoms with Crippen molar-refractivity contribution in [2.45, 2.75) is 58.3 Å². The monoisotopic (exact) mass is 402 g/mol. The SMILES string of the molecule is CCC(C)c1nc2ccccc2n1CC(O)COC(CC)c1ccccc1.Cl. The van der Waals surface area contributed by atoms with Crippen LogP contribution in [0.3, 0.4) is 0 Å². The Labute approximate surface area is 174 Å². The molecule has 0 aliphatic carbocycles. The van der Waals surface area contributed by atoms with Crippen LogP contribution in [-0.2, 0) is 11.3 Å². The van der Waals surface area contributed by atoms with Gasteiger partial charge >= 0.3 is 0 Å². The summed E-state index contributed by atoms with van der Waals surface area (Å²) in [5.74, 6) is 1.38. The first kappa shape index (κ1) is 22.4. The molecule has 1 aromatic heterocycles. The lowest BCUT2D eigenvalue weighted by Crippen LogP contribution is -2.24. The molecule has 1 N–H and O–H groups in total. The molecule has 0 fully saturated rings. The molecule has 5 heteroatoms. The van der Waals surface area contributed by atoms with Gasteiger partial charge in [-0.2, -0.15) is 0 Å². The van der Waals surface area contributed by atoms with E-state index in [1.54, 1.807) is 0 Å². The number of nitrogens with zero attached hydrogens (tertiary/aromatic N) is 2. The highest BCUT2D eigenvalue weighted by molar-refractivity contribution is 5.85. The molecule has 0 saturated heterocycles. The first-order valence-electron chi connectivity index (χ1n) is 9.93. The summed E-state index contributed by atoms with van der Waals surface area (Å²) in [5, 5.41) is 10.7. The average molecular weight is 403 g/mol. The van der Waals surface area contributed by atoms with Gasteiger partial charge < -0.3 is 14.4 Å². The number of imidazole rings is 1. The van der Waals surface area contributed by atoms with Gasteiger partial charge in [-0.25, -0.2) is 4.98 Å². The molecule has 28 heavy (non-hydrogen) atoms. The van der Waals surface area contributed by atoms with Crippen LogP contribution < -0.4 is 0 Å². The minimum atomic E-state index is -0.580. The van der Waals surface area contributed by atoms with Gasteiger partial charge in [0.2, 0.25) is 0 Å². The number of rotatable bonds is 9. The molecular formula is C23H31ClN2O2. The lowest BCUT2D eigenvalue weighted by Gasteiger charge is -2.21. The van der Waals surface area contributed by atoms with E-state index in [1.165, 1.54) is 0 Å². The number of fused-ring (bicyclic) bond motifs is 1. The Bertz CT molecular complexity index is 850. The summed E-state index contributed by atoms with van der Waals surface area (Å²) in [5.41, 5.74) is 3.21. The van der Waals surface area contributed by atoms with Gasteiger partial charge in [-0.3, -0.25) is 0 Å². The van der Waals surface area contributed by atoms with E-state index in [9.17, 15) is 5.11 Å². The van der Waals surface area contributed by atoms with Crippen LogP contribution in [0, 0.1) is 0 Å². The van der Waals surface area contributed by atoms with Crippen LogP contribution in [0.15, 0.2) is 54.6 Å². The zero-order chi connectivity index (χ0) is 19.2. The Kier molecular flexibility index (Phi) is 8.49. The fourth-order valence-corrected chi connectivity index (χ4v) is 3.45. The van der Waals surface area contributed by atoms with Gasteiger partial charge in [-0.15, -0.1) is 12.4 Å². The number of benzene rings is 2. The van der Waals surface area contributed by atoms with Crippen molar-refractivity contribution in [1.82, 2.24) is 9.55 Å². The van der Waals surface area contributed by atoms with Gasteiger partial charge in [0.05, 0.1) is 36.4 Å². The van der Waals surface area contributed by atoms with Crippen LogP contribution in [-0.4, -0.2) is 27.4 Å². The molecule has 0 amide bonds. The molecule has 3 aromatic rings. The molecule has 0 bridgehead atoms. The summed E-state index contributed by atoms with van der Waals surface area (Å²) in [6.07, 6.45) is 1.32. The van der Waals surface area contributed by atoms with E-state index >= 15 is 0 Å². The molecule has 152 valence electrons. The molecule has 0 spiro atoms. The van der Waals surface area contributed by atoms with E-state index in [4.69, 9.17) is 9.72 Å². The Hall–Kier alpha value is -1.88. The molecule has 1 heterocycles. The van der Waals surface area contributed by atoms with Crippen molar-refractivity contribution in [3.8, 4) is 0 Å². The predicted octanol–water partition coefficient (Wildman–Crippen LogP) is 5.50. The van der Waals surface area contributed by atoms with E-state index in [-0.39, 0.29) is 18.5 Å². The second kappa shape index (κ2) is 10.6. The standard InChI is InChI=1S/C23H30N2O2.ClH/c1-4-17(3)23-24-20-13-9-10-14-21(20)25(23)15-19(26)16-27-22(5-2)18-11-7-6-8-12-18;/h6-14,17,19,22,26H,4-5,15-16H2,1-3H3;1H. The van der Waals surface area contributed by atoms with Crippen LogP contribution >= 0.6 is 12.4 Å². The van der Waals surface area contributed by atoms with E-state index < -0.39 is 6.10 Å². The van der Waals surface area contributed by atoms with Gasteiger partial charge in [-0.1, -0.05) is 63.2 Å². The summed E-state index contributed by atoms with van der Waals surface area (Å²) < 4.78 is 8.20. The number of hydrogen-bond acceptors (Lipinski definition) is 3. The highest BCUT2D eigenvalue weighted by Crippen LogP contribution is 2.25. The number of hydrogen-bond donors (Lipinski definition) is 1. The van der Waals surface area contributed by atoms with Crippen molar-refractivity contribution in [3.63, 3.8) is 0 Å². The summed E-state index contributed by atoms with van der Waals surface area (Å²) in [4.78, 5) is 4.81. The normalized spacial score (nSPS) is 14.4. The number of aromatic nitrogens is 2. The molecule has 0 aliphatic rings. The maximum atomic E-state index is 10.7. The topological polar surface area (TPSA) is 47.3 Å². The molecular weight excluding hydrogens is 372 g/mol. The van der Waals surface area contributed by atoms with Gasteiger partial charge in [-0.05, 0) is 30.5 Å². The van der Waals surface area contributed by atoms with Crippen molar-refractivity contribution in [1.29, 1.82) is 0 Å². The Morgan fingerprint density at radius 1 is 1.00 bits per heavy atom. The van der Waals surface area contributed by atoms with Crippen LogP contribution in [0.4, 0.5) is 0 Å². The van der Waals surface area contributed by atoms with Crippen LogP contribution in [0.2, 0.25) is 0 Å². The number of halogens is 1. The number of aliphatic hydroxyl groups excluding tert-OH is 1. The van der Waals surface area contributed by atoms with Crippen LogP contribution in [0.1, 0.15) is 57.0 Å². The molecule has 2 aromatic carbocycles. The van der Waals surface area contributed by atoms with Crippen LogP contribution in [0.5, 0.6) is 0 Å². The van der Waals surface area contributed by atoms with Crippen molar-refractivity contribution in [2.24, 2.45) is 0 Å². The molecule has 0 saturated carbocycles. The highest BCUT2D eigenvalue weighted by atomic mass is 35.5. The van der Waals surface area contributed by atoms with Crippen molar-refractivity contribution in [3.05, 3.63) is 66.0 Å². The fourth-order valence-electron chi connectivity index (χ4n) is 3.45. The molecule has 3 unspecified atom stereocenters. The molecule has 3 atom stereocenters. The largest absolute Gasteiger partial charge is 0.389 e. The third-order valence-electron chi connectivity index (χ3n) is 5.16. The number of ether oxygens (including phenoxy) is 1. The lowest BCUT2D eigenvalue weighted by atomic mass is 10.1. The fraction of sp³-hybridized carbons (Fsp3) is 0.435. The Morgan fingerprint density at radius 2 is 1.68 bits per heavy atom.